The minimum absolute atomic E-state index is 0.362. The molecule has 0 aliphatic carbocycles. The molecule has 2 N–H and O–H groups in total. The summed E-state index contributed by atoms with van der Waals surface area (Å²) in [6.07, 6.45) is 3.97. The third kappa shape index (κ3) is 4.14. The van der Waals surface area contributed by atoms with Crippen LogP contribution in [0.15, 0.2) is 30.5 Å². The van der Waals surface area contributed by atoms with Gasteiger partial charge < -0.3 is 25.2 Å². The number of benzene rings is 1. The van der Waals surface area contributed by atoms with Gasteiger partial charge in [0.25, 0.3) is 0 Å². The van der Waals surface area contributed by atoms with E-state index in [9.17, 15) is 4.79 Å². The van der Waals surface area contributed by atoms with Gasteiger partial charge in [-0.1, -0.05) is 6.07 Å². The lowest BCUT2D eigenvalue weighted by Crippen LogP contribution is -2.25. The summed E-state index contributed by atoms with van der Waals surface area (Å²) in [6, 6.07) is 6.81. The maximum absolute atomic E-state index is 12.3. The molecule has 1 aliphatic rings. The molecule has 0 unspecified atom stereocenters. The molecule has 0 radical (unpaired) electrons. The van der Waals surface area contributed by atoms with E-state index in [1.165, 1.54) is 0 Å². The van der Waals surface area contributed by atoms with E-state index in [1.807, 2.05) is 31.1 Å². The van der Waals surface area contributed by atoms with E-state index in [0.29, 0.717) is 28.9 Å². The van der Waals surface area contributed by atoms with Crippen LogP contribution in [0.3, 0.4) is 0 Å². The third-order valence-electron chi connectivity index (χ3n) is 4.14. The number of carbonyl (C=O) groups excluding carboxylic acids is 1. The highest BCUT2D eigenvalue weighted by molar-refractivity contribution is 6.01. The van der Waals surface area contributed by atoms with Gasteiger partial charge >= 0.3 is 6.03 Å². The Morgan fingerprint density at radius 3 is 2.69 bits per heavy atom. The molecule has 0 saturated carbocycles. The fraction of sp³-hybridized carbons (Fsp3) is 0.389. The van der Waals surface area contributed by atoms with Gasteiger partial charge in [-0.2, -0.15) is 4.98 Å². The molecule has 2 heterocycles. The van der Waals surface area contributed by atoms with Crippen molar-refractivity contribution in [2.24, 2.45) is 0 Å². The number of carbonyl (C=O) groups is 1. The summed E-state index contributed by atoms with van der Waals surface area (Å²) in [6.45, 7) is 1.94. The van der Waals surface area contributed by atoms with Crippen molar-refractivity contribution in [3.8, 4) is 5.75 Å². The first-order chi connectivity index (χ1) is 12.6. The number of aromatic nitrogens is 2. The summed E-state index contributed by atoms with van der Waals surface area (Å²) in [4.78, 5) is 25.4. The fourth-order valence-electron chi connectivity index (χ4n) is 2.85. The summed E-state index contributed by atoms with van der Waals surface area (Å²) >= 11 is 0. The second kappa shape index (κ2) is 7.90. The Kier molecular flexibility index (Phi) is 5.40. The van der Waals surface area contributed by atoms with Crippen molar-refractivity contribution in [3.63, 3.8) is 0 Å². The molecule has 138 valence electrons. The quantitative estimate of drug-likeness (QED) is 0.857. The van der Waals surface area contributed by atoms with Crippen molar-refractivity contribution in [1.82, 2.24) is 9.97 Å². The van der Waals surface area contributed by atoms with Gasteiger partial charge in [-0.25, -0.2) is 9.78 Å². The van der Waals surface area contributed by atoms with Gasteiger partial charge in [-0.3, -0.25) is 0 Å². The lowest BCUT2D eigenvalue weighted by molar-refractivity contribution is 0.262. The first kappa shape index (κ1) is 17.8. The summed E-state index contributed by atoms with van der Waals surface area (Å²) in [5, 5.41) is 5.61. The van der Waals surface area contributed by atoms with E-state index in [-0.39, 0.29) is 6.03 Å². The van der Waals surface area contributed by atoms with Crippen LogP contribution in [0.5, 0.6) is 5.75 Å². The van der Waals surface area contributed by atoms with Crippen molar-refractivity contribution >= 4 is 29.2 Å². The van der Waals surface area contributed by atoms with E-state index in [4.69, 9.17) is 4.74 Å². The van der Waals surface area contributed by atoms with Gasteiger partial charge in [0.15, 0.2) is 5.82 Å². The first-order valence-electron chi connectivity index (χ1n) is 8.58. The number of nitrogens with one attached hydrogen (secondary N) is 2. The second-order valence-electron chi connectivity index (χ2n) is 6.31. The van der Waals surface area contributed by atoms with Gasteiger partial charge in [0.1, 0.15) is 11.4 Å². The summed E-state index contributed by atoms with van der Waals surface area (Å²) in [5.41, 5.74) is 1.20. The lowest BCUT2D eigenvalue weighted by Gasteiger charge is -2.21. The van der Waals surface area contributed by atoms with Gasteiger partial charge in [0.05, 0.1) is 13.3 Å². The molecule has 1 aliphatic heterocycles. The number of amides is 2. The van der Waals surface area contributed by atoms with Crippen molar-refractivity contribution in [2.45, 2.75) is 12.8 Å². The molecule has 2 aromatic rings. The Morgan fingerprint density at radius 2 is 2.00 bits per heavy atom. The molecule has 2 amide bonds. The highest BCUT2D eigenvalue weighted by atomic mass is 16.5. The van der Waals surface area contributed by atoms with E-state index in [2.05, 4.69) is 25.5 Å². The standard InChI is InChI=1S/C18H24N6O2/c1-23(2)16-15(12-19-17(22-16)24-9-4-5-10-24)21-18(25)20-13-7-6-8-14(11-13)26-3/h6-8,11-12H,4-5,9-10H2,1-3H3,(H2,20,21,25). The Balaban J connectivity index is 1.74. The van der Waals surface area contributed by atoms with Gasteiger partial charge in [-0.15, -0.1) is 0 Å². The van der Waals surface area contributed by atoms with Crippen LogP contribution in [0.4, 0.5) is 27.9 Å². The monoisotopic (exact) mass is 356 g/mol. The van der Waals surface area contributed by atoms with Crippen LogP contribution in [-0.2, 0) is 0 Å². The van der Waals surface area contributed by atoms with E-state index >= 15 is 0 Å². The zero-order chi connectivity index (χ0) is 18.5. The number of anilines is 4. The second-order valence-corrected chi connectivity index (χ2v) is 6.31. The van der Waals surface area contributed by atoms with Gasteiger partial charge in [0.2, 0.25) is 5.95 Å². The molecule has 1 aromatic carbocycles. The van der Waals surface area contributed by atoms with E-state index < -0.39 is 0 Å². The topological polar surface area (TPSA) is 82.6 Å². The van der Waals surface area contributed by atoms with Crippen molar-refractivity contribution in [2.75, 3.05) is 54.7 Å². The Hall–Kier alpha value is -3.03. The molecule has 8 nitrogen and oxygen atoms in total. The maximum Gasteiger partial charge on any atom is 0.323 e. The Bertz CT molecular complexity index is 774. The average Bonchev–Trinajstić information content (AvgIpc) is 3.16. The number of ether oxygens (including phenoxy) is 1. The van der Waals surface area contributed by atoms with Crippen LogP contribution in [0.1, 0.15) is 12.8 Å². The molecule has 0 atom stereocenters. The smallest absolute Gasteiger partial charge is 0.323 e. The molecule has 8 heteroatoms. The Morgan fingerprint density at radius 1 is 1.23 bits per heavy atom. The van der Waals surface area contributed by atoms with Crippen LogP contribution in [0, 0.1) is 0 Å². The zero-order valence-corrected chi connectivity index (χ0v) is 15.3. The molecule has 0 spiro atoms. The first-order valence-corrected chi connectivity index (χ1v) is 8.58. The molecular formula is C18H24N6O2. The van der Waals surface area contributed by atoms with Crippen molar-refractivity contribution in [1.29, 1.82) is 0 Å². The molecular weight excluding hydrogens is 332 g/mol. The van der Waals surface area contributed by atoms with Crippen molar-refractivity contribution in [3.05, 3.63) is 30.5 Å². The summed E-state index contributed by atoms with van der Waals surface area (Å²) < 4.78 is 5.16. The van der Waals surface area contributed by atoms with Gasteiger partial charge in [0, 0.05) is 38.9 Å². The highest BCUT2D eigenvalue weighted by Gasteiger charge is 2.18. The number of nitrogens with zero attached hydrogens (tertiary/aromatic N) is 4. The highest BCUT2D eigenvalue weighted by Crippen LogP contribution is 2.25. The number of hydrogen-bond donors (Lipinski definition) is 2. The van der Waals surface area contributed by atoms with Crippen LogP contribution in [-0.4, -0.2) is 50.3 Å². The van der Waals surface area contributed by atoms with E-state index in [0.717, 1.165) is 25.9 Å². The number of methoxy groups -OCH3 is 1. The molecule has 0 bridgehead atoms. The van der Waals surface area contributed by atoms with Crippen LogP contribution < -0.4 is 25.2 Å². The molecule has 1 saturated heterocycles. The van der Waals surface area contributed by atoms with Crippen LogP contribution in [0.25, 0.3) is 0 Å². The lowest BCUT2D eigenvalue weighted by atomic mass is 10.3. The molecule has 1 fully saturated rings. The van der Waals surface area contributed by atoms with E-state index in [1.54, 1.807) is 25.4 Å². The fourth-order valence-corrected chi connectivity index (χ4v) is 2.85. The number of hydrogen-bond acceptors (Lipinski definition) is 6. The average molecular weight is 356 g/mol. The molecule has 1 aromatic heterocycles. The minimum Gasteiger partial charge on any atom is -0.497 e. The minimum atomic E-state index is -0.362. The number of rotatable bonds is 5. The maximum atomic E-state index is 12.3. The third-order valence-corrected chi connectivity index (χ3v) is 4.14. The summed E-state index contributed by atoms with van der Waals surface area (Å²) in [7, 11) is 5.37. The normalized spacial score (nSPS) is 13.4. The largest absolute Gasteiger partial charge is 0.497 e. The molecule has 26 heavy (non-hydrogen) atoms. The van der Waals surface area contributed by atoms with Crippen LogP contribution >= 0.6 is 0 Å². The van der Waals surface area contributed by atoms with Crippen LogP contribution in [0.2, 0.25) is 0 Å². The summed E-state index contributed by atoms with van der Waals surface area (Å²) in [5.74, 6) is 2.04. The zero-order valence-electron chi connectivity index (χ0n) is 15.3. The SMILES string of the molecule is COc1cccc(NC(=O)Nc2cnc(N3CCCC3)nc2N(C)C)c1. The number of urea groups is 1. The Labute approximate surface area is 153 Å². The predicted octanol–water partition coefficient (Wildman–Crippen LogP) is 2.80. The predicted molar refractivity (Wildman–Crippen MR) is 103 cm³/mol. The van der Waals surface area contributed by atoms with Gasteiger partial charge in [-0.05, 0) is 25.0 Å². The van der Waals surface area contributed by atoms with Crippen molar-refractivity contribution < 1.29 is 9.53 Å². The molecule has 3 rings (SSSR count).